The summed E-state index contributed by atoms with van der Waals surface area (Å²) >= 11 is 0. The molecule has 2 heterocycles. The maximum atomic E-state index is 8.96. The van der Waals surface area contributed by atoms with Crippen molar-refractivity contribution in [2.75, 3.05) is 5.73 Å². The number of nitrogens with two attached hydrogens (primary N) is 1. The van der Waals surface area contributed by atoms with Crippen LogP contribution in [0.25, 0.3) is 11.0 Å². The number of hydrogen-bond acceptors (Lipinski definition) is 4. The zero-order valence-corrected chi connectivity index (χ0v) is 10.4. The molecule has 0 aliphatic heterocycles. The van der Waals surface area contributed by atoms with Crippen molar-refractivity contribution >= 4 is 17.0 Å². The first kappa shape index (κ1) is 11.4. The predicted molar refractivity (Wildman–Crippen MR) is 71.4 cm³/mol. The van der Waals surface area contributed by atoms with Gasteiger partial charge in [-0.2, -0.15) is 5.26 Å². The van der Waals surface area contributed by atoms with Crippen LogP contribution in [0.15, 0.2) is 34.7 Å². The molecule has 0 spiro atoms. The van der Waals surface area contributed by atoms with Crippen molar-refractivity contribution in [3.8, 4) is 6.07 Å². The molecule has 2 N–H and O–H groups in total. The van der Waals surface area contributed by atoms with Gasteiger partial charge in [0.15, 0.2) is 0 Å². The summed E-state index contributed by atoms with van der Waals surface area (Å²) in [6.45, 7) is 2.40. The lowest BCUT2D eigenvalue weighted by atomic mass is 10.2. The Morgan fingerprint density at radius 1 is 1.37 bits per heavy atom. The van der Waals surface area contributed by atoms with E-state index in [1.54, 1.807) is 18.2 Å². The van der Waals surface area contributed by atoms with Crippen LogP contribution in [0.1, 0.15) is 17.1 Å². The molecule has 0 aliphatic rings. The van der Waals surface area contributed by atoms with Crippen LogP contribution in [-0.4, -0.2) is 9.55 Å². The number of aryl methyl sites for hydroxylation is 1. The molecule has 0 bridgehead atoms. The van der Waals surface area contributed by atoms with E-state index in [2.05, 4.69) is 11.1 Å². The Balaban J connectivity index is 2.11. The molecule has 0 unspecified atom stereocenters. The molecule has 0 radical (unpaired) electrons. The Kier molecular flexibility index (Phi) is 2.50. The maximum absolute atomic E-state index is 8.96. The van der Waals surface area contributed by atoms with Gasteiger partial charge in [0, 0.05) is 0 Å². The van der Waals surface area contributed by atoms with Crippen molar-refractivity contribution in [3.05, 3.63) is 47.4 Å². The molecule has 0 atom stereocenters. The molecular formula is C14H12N4O. The van der Waals surface area contributed by atoms with Gasteiger partial charge in [-0.25, -0.2) is 4.98 Å². The van der Waals surface area contributed by atoms with E-state index < -0.39 is 0 Å². The van der Waals surface area contributed by atoms with E-state index in [0.29, 0.717) is 18.1 Å². The standard InChI is InChI=1S/C14H12N4O/c1-9-2-4-11(19-9)8-18-13-6-10(7-15)3-5-12(13)17-14(18)16/h2-6H,8H2,1H3,(H2,16,17). The number of aromatic nitrogens is 2. The first-order chi connectivity index (χ1) is 9.17. The van der Waals surface area contributed by atoms with Crippen LogP contribution in [0, 0.1) is 18.3 Å². The van der Waals surface area contributed by atoms with Gasteiger partial charge in [0.1, 0.15) is 11.5 Å². The Bertz CT molecular complexity index is 791. The van der Waals surface area contributed by atoms with Gasteiger partial charge in [-0.1, -0.05) is 0 Å². The van der Waals surface area contributed by atoms with E-state index in [4.69, 9.17) is 15.4 Å². The number of nitriles is 1. The topological polar surface area (TPSA) is 80.8 Å². The third kappa shape index (κ3) is 1.93. The molecule has 5 nitrogen and oxygen atoms in total. The molecule has 0 fully saturated rings. The molecule has 2 aromatic heterocycles. The van der Waals surface area contributed by atoms with Gasteiger partial charge in [0.25, 0.3) is 0 Å². The average molecular weight is 252 g/mol. The van der Waals surface area contributed by atoms with Crippen LogP contribution in [-0.2, 0) is 6.54 Å². The Morgan fingerprint density at radius 2 is 2.21 bits per heavy atom. The number of furan rings is 1. The van der Waals surface area contributed by atoms with E-state index in [1.165, 1.54) is 0 Å². The fourth-order valence-corrected chi connectivity index (χ4v) is 2.10. The Morgan fingerprint density at radius 3 is 2.89 bits per heavy atom. The van der Waals surface area contributed by atoms with E-state index >= 15 is 0 Å². The molecule has 0 saturated heterocycles. The number of rotatable bonds is 2. The van der Waals surface area contributed by atoms with Gasteiger partial charge in [0.05, 0.1) is 29.2 Å². The van der Waals surface area contributed by atoms with Gasteiger partial charge >= 0.3 is 0 Å². The molecule has 94 valence electrons. The van der Waals surface area contributed by atoms with Crippen LogP contribution < -0.4 is 5.73 Å². The fraction of sp³-hybridized carbons (Fsp3) is 0.143. The summed E-state index contributed by atoms with van der Waals surface area (Å²) < 4.78 is 7.39. The quantitative estimate of drug-likeness (QED) is 0.759. The summed E-state index contributed by atoms with van der Waals surface area (Å²) in [4.78, 5) is 4.28. The smallest absolute Gasteiger partial charge is 0.201 e. The van der Waals surface area contributed by atoms with Gasteiger partial charge in [-0.15, -0.1) is 0 Å². The minimum Gasteiger partial charge on any atom is -0.464 e. The van der Waals surface area contributed by atoms with Crippen molar-refractivity contribution in [1.29, 1.82) is 5.26 Å². The number of fused-ring (bicyclic) bond motifs is 1. The van der Waals surface area contributed by atoms with Crippen molar-refractivity contribution < 1.29 is 4.42 Å². The highest BCUT2D eigenvalue weighted by molar-refractivity contribution is 5.79. The summed E-state index contributed by atoms with van der Waals surface area (Å²) in [6, 6.07) is 11.3. The second-order valence-corrected chi connectivity index (χ2v) is 4.38. The molecule has 0 aliphatic carbocycles. The van der Waals surface area contributed by atoms with Crippen molar-refractivity contribution in [3.63, 3.8) is 0 Å². The minimum absolute atomic E-state index is 0.416. The average Bonchev–Trinajstić information content (AvgIpc) is 2.94. The van der Waals surface area contributed by atoms with E-state index in [1.807, 2.05) is 23.6 Å². The number of anilines is 1. The molecule has 3 aromatic rings. The highest BCUT2D eigenvalue weighted by Crippen LogP contribution is 2.21. The third-order valence-corrected chi connectivity index (χ3v) is 3.02. The lowest BCUT2D eigenvalue weighted by molar-refractivity contribution is 0.473. The van der Waals surface area contributed by atoms with Crippen LogP contribution in [0.5, 0.6) is 0 Å². The molecule has 0 amide bonds. The molecule has 0 saturated carbocycles. The zero-order chi connectivity index (χ0) is 13.4. The van der Waals surface area contributed by atoms with Crippen LogP contribution in [0.3, 0.4) is 0 Å². The number of imidazole rings is 1. The molecule has 1 aromatic carbocycles. The zero-order valence-electron chi connectivity index (χ0n) is 10.4. The fourth-order valence-electron chi connectivity index (χ4n) is 2.10. The molecule has 3 rings (SSSR count). The lowest BCUT2D eigenvalue weighted by Gasteiger charge is -2.04. The van der Waals surface area contributed by atoms with Gasteiger partial charge < -0.3 is 14.7 Å². The maximum Gasteiger partial charge on any atom is 0.201 e. The van der Waals surface area contributed by atoms with Crippen molar-refractivity contribution in [2.45, 2.75) is 13.5 Å². The summed E-state index contributed by atoms with van der Waals surface area (Å²) in [5.74, 6) is 2.08. The SMILES string of the molecule is Cc1ccc(Cn2c(N)nc3ccc(C#N)cc32)o1. The summed E-state index contributed by atoms with van der Waals surface area (Å²) in [5, 5.41) is 8.96. The highest BCUT2D eigenvalue weighted by atomic mass is 16.3. The second-order valence-electron chi connectivity index (χ2n) is 4.38. The van der Waals surface area contributed by atoms with E-state index in [-0.39, 0.29) is 0 Å². The highest BCUT2D eigenvalue weighted by Gasteiger charge is 2.10. The first-order valence-corrected chi connectivity index (χ1v) is 5.88. The van der Waals surface area contributed by atoms with Crippen molar-refractivity contribution in [1.82, 2.24) is 9.55 Å². The summed E-state index contributed by atoms with van der Waals surface area (Å²) in [5.41, 5.74) is 8.13. The number of benzene rings is 1. The Hall–Kier alpha value is -2.74. The largest absolute Gasteiger partial charge is 0.464 e. The van der Waals surface area contributed by atoms with E-state index in [9.17, 15) is 0 Å². The third-order valence-electron chi connectivity index (χ3n) is 3.02. The number of nitrogen functional groups attached to an aromatic ring is 1. The second kappa shape index (κ2) is 4.18. The lowest BCUT2D eigenvalue weighted by Crippen LogP contribution is -2.03. The molecular weight excluding hydrogens is 240 g/mol. The molecule has 5 heteroatoms. The Labute approximate surface area is 109 Å². The summed E-state index contributed by atoms with van der Waals surface area (Å²) in [6.07, 6.45) is 0. The predicted octanol–water partition coefficient (Wildman–Crippen LogP) is 2.44. The van der Waals surface area contributed by atoms with Crippen LogP contribution in [0.4, 0.5) is 5.95 Å². The van der Waals surface area contributed by atoms with Gasteiger partial charge in [-0.05, 0) is 37.3 Å². The molecule has 19 heavy (non-hydrogen) atoms. The first-order valence-electron chi connectivity index (χ1n) is 5.88. The monoisotopic (exact) mass is 252 g/mol. The van der Waals surface area contributed by atoms with Crippen molar-refractivity contribution in [2.24, 2.45) is 0 Å². The van der Waals surface area contributed by atoms with E-state index in [0.717, 1.165) is 22.6 Å². The van der Waals surface area contributed by atoms with Gasteiger partial charge in [-0.3, -0.25) is 0 Å². The summed E-state index contributed by atoms with van der Waals surface area (Å²) in [7, 11) is 0. The number of hydrogen-bond donors (Lipinski definition) is 1. The normalized spacial score (nSPS) is 10.7. The van der Waals surface area contributed by atoms with Crippen LogP contribution in [0.2, 0.25) is 0 Å². The van der Waals surface area contributed by atoms with Gasteiger partial charge in [0.2, 0.25) is 5.95 Å². The minimum atomic E-state index is 0.416. The van der Waals surface area contributed by atoms with Crippen LogP contribution >= 0.6 is 0 Å². The number of nitrogens with zero attached hydrogens (tertiary/aromatic N) is 3.